The van der Waals surface area contributed by atoms with Gasteiger partial charge in [-0.3, -0.25) is 9.59 Å². The summed E-state index contributed by atoms with van der Waals surface area (Å²) in [4.78, 5) is 21.2. The fraction of sp³-hybridized carbons (Fsp3) is 0.600. The highest BCUT2D eigenvalue weighted by Crippen LogP contribution is 2.08. The molecular formula is C10H16O2. The van der Waals surface area contributed by atoms with Crippen molar-refractivity contribution in [3.05, 3.63) is 11.6 Å². The van der Waals surface area contributed by atoms with E-state index in [1.165, 1.54) is 0 Å². The number of hydrogen-bond donors (Lipinski definition) is 0. The molecule has 0 saturated carbocycles. The summed E-state index contributed by atoms with van der Waals surface area (Å²) in [6.07, 6.45) is 3.77. The summed E-state index contributed by atoms with van der Waals surface area (Å²) < 4.78 is 0. The van der Waals surface area contributed by atoms with Gasteiger partial charge in [0.1, 0.15) is 12.1 Å². The number of aldehydes is 1. The lowest BCUT2D eigenvalue weighted by molar-refractivity contribution is -0.119. The third kappa shape index (κ3) is 4.83. The monoisotopic (exact) mass is 168 g/mol. The molecule has 0 saturated heterocycles. The van der Waals surface area contributed by atoms with Gasteiger partial charge in [0.2, 0.25) is 0 Å². The summed E-state index contributed by atoms with van der Waals surface area (Å²) in [6.45, 7) is 5.55. The maximum atomic E-state index is 11.0. The first kappa shape index (κ1) is 11.1. The number of carbonyl (C=O) groups excluding carboxylic acids is 2. The molecule has 0 rings (SSSR count). The van der Waals surface area contributed by atoms with E-state index in [9.17, 15) is 9.59 Å². The molecule has 0 radical (unpaired) electrons. The van der Waals surface area contributed by atoms with Gasteiger partial charge in [0.15, 0.2) is 0 Å². The highest BCUT2D eigenvalue weighted by molar-refractivity contribution is 5.79. The van der Waals surface area contributed by atoms with Gasteiger partial charge in [0.25, 0.3) is 0 Å². The van der Waals surface area contributed by atoms with Crippen LogP contribution in [0.25, 0.3) is 0 Å². The van der Waals surface area contributed by atoms with Crippen molar-refractivity contribution < 1.29 is 9.59 Å². The van der Waals surface area contributed by atoms with Gasteiger partial charge < -0.3 is 0 Å². The minimum absolute atomic E-state index is 0.183. The van der Waals surface area contributed by atoms with E-state index in [0.717, 1.165) is 6.29 Å². The zero-order valence-corrected chi connectivity index (χ0v) is 7.96. The molecule has 2 heteroatoms. The lowest BCUT2D eigenvalue weighted by Crippen LogP contribution is -2.02. The molecule has 0 aliphatic carbocycles. The zero-order valence-electron chi connectivity index (χ0n) is 7.96. The minimum atomic E-state index is 0.183. The van der Waals surface area contributed by atoms with Gasteiger partial charge in [-0.25, -0.2) is 0 Å². The van der Waals surface area contributed by atoms with Crippen molar-refractivity contribution in [2.24, 2.45) is 5.92 Å². The van der Waals surface area contributed by atoms with Gasteiger partial charge in [-0.1, -0.05) is 19.9 Å². The molecule has 0 heterocycles. The van der Waals surface area contributed by atoms with Crippen LogP contribution in [0.15, 0.2) is 11.6 Å². The molecule has 2 nitrogen and oxygen atoms in total. The van der Waals surface area contributed by atoms with Crippen LogP contribution >= 0.6 is 0 Å². The normalized spacial score (nSPS) is 14.1. The molecule has 0 aliphatic rings. The van der Waals surface area contributed by atoms with E-state index >= 15 is 0 Å². The van der Waals surface area contributed by atoms with Crippen LogP contribution in [0.2, 0.25) is 0 Å². The van der Waals surface area contributed by atoms with Crippen LogP contribution in [0, 0.1) is 5.92 Å². The number of rotatable bonds is 5. The molecule has 0 N–H and O–H groups in total. The SMILES string of the molecule is CCC(=O)CC(C)C=C(C)C=O. The summed E-state index contributed by atoms with van der Waals surface area (Å²) >= 11 is 0. The fourth-order valence-electron chi connectivity index (χ4n) is 1.05. The Labute approximate surface area is 73.7 Å². The molecule has 0 bridgehead atoms. The van der Waals surface area contributed by atoms with Gasteiger partial charge in [-0.05, 0) is 18.4 Å². The third-order valence-electron chi connectivity index (χ3n) is 1.68. The summed E-state index contributed by atoms with van der Waals surface area (Å²) in [5.41, 5.74) is 0.700. The highest BCUT2D eigenvalue weighted by Gasteiger charge is 2.04. The lowest BCUT2D eigenvalue weighted by Gasteiger charge is -2.03. The number of allylic oxidation sites excluding steroid dienone is 2. The van der Waals surface area contributed by atoms with Gasteiger partial charge in [0, 0.05) is 12.8 Å². The molecule has 0 aliphatic heterocycles. The maximum Gasteiger partial charge on any atom is 0.145 e. The van der Waals surface area contributed by atoms with Gasteiger partial charge in [-0.15, -0.1) is 0 Å². The van der Waals surface area contributed by atoms with Crippen LogP contribution in [0.1, 0.15) is 33.6 Å². The van der Waals surface area contributed by atoms with Crippen LogP contribution < -0.4 is 0 Å². The molecule has 1 atom stereocenters. The van der Waals surface area contributed by atoms with E-state index in [0.29, 0.717) is 18.4 Å². The van der Waals surface area contributed by atoms with Crippen LogP contribution in [-0.2, 0) is 9.59 Å². The quantitative estimate of drug-likeness (QED) is 0.465. The Kier molecular flexibility index (Phi) is 5.26. The number of carbonyl (C=O) groups is 2. The van der Waals surface area contributed by atoms with E-state index < -0.39 is 0 Å². The Morgan fingerprint density at radius 2 is 2.08 bits per heavy atom. The molecule has 68 valence electrons. The third-order valence-corrected chi connectivity index (χ3v) is 1.68. The Morgan fingerprint density at radius 3 is 2.50 bits per heavy atom. The van der Waals surface area contributed by atoms with Crippen molar-refractivity contribution in [1.82, 2.24) is 0 Å². The van der Waals surface area contributed by atoms with Gasteiger partial charge >= 0.3 is 0 Å². The average Bonchev–Trinajstić information content (AvgIpc) is 2.03. The predicted octanol–water partition coefficient (Wildman–Crippen LogP) is 2.14. The molecule has 0 fully saturated rings. The number of Topliss-reactive ketones (excluding diaryl/α,β-unsaturated/α-hetero) is 1. The zero-order chi connectivity index (χ0) is 9.56. The van der Waals surface area contributed by atoms with Crippen LogP contribution in [0.4, 0.5) is 0 Å². The van der Waals surface area contributed by atoms with Crippen molar-refractivity contribution in [1.29, 1.82) is 0 Å². The van der Waals surface area contributed by atoms with Crippen LogP contribution in [0.5, 0.6) is 0 Å². The van der Waals surface area contributed by atoms with Crippen molar-refractivity contribution in [2.75, 3.05) is 0 Å². The largest absolute Gasteiger partial charge is 0.300 e. The predicted molar refractivity (Wildman–Crippen MR) is 48.9 cm³/mol. The number of ketones is 1. The maximum absolute atomic E-state index is 11.0. The molecule has 0 amide bonds. The lowest BCUT2D eigenvalue weighted by atomic mass is 10.0. The Hall–Kier alpha value is -0.920. The van der Waals surface area contributed by atoms with Crippen molar-refractivity contribution in [3.8, 4) is 0 Å². The second-order valence-corrected chi connectivity index (χ2v) is 3.10. The second-order valence-electron chi connectivity index (χ2n) is 3.10. The first-order valence-corrected chi connectivity index (χ1v) is 4.25. The summed E-state index contributed by atoms with van der Waals surface area (Å²) in [5, 5.41) is 0. The summed E-state index contributed by atoms with van der Waals surface area (Å²) in [5.74, 6) is 0.431. The summed E-state index contributed by atoms with van der Waals surface area (Å²) in [6, 6.07) is 0. The molecule has 0 spiro atoms. The van der Waals surface area contributed by atoms with Crippen molar-refractivity contribution in [2.45, 2.75) is 33.6 Å². The second kappa shape index (κ2) is 5.70. The van der Waals surface area contributed by atoms with E-state index in [1.807, 2.05) is 19.9 Å². The Balaban J connectivity index is 3.96. The molecule has 0 aromatic rings. The Bertz CT molecular complexity index is 192. The highest BCUT2D eigenvalue weighted by atomic mass is 16.1. The van der Waals surface area contributed by atoms with Crippen LogP contribution in [-0.4, -0.2) is 12.1 Å². The Morgan fingerprint density at radius 1 is 1.50 bits per heavy atom. The summed E-state index contributed by atoms with van der Waals surface area (Å²) in [7, 11) is 0. The number of hydrogen-bond acceptors (Lipinski definition) is 2. The minimum Gasteiger partial charge on any atom is -0.300 e. The molecular weight excluding hydrogens is 152 g/mol. The van der Waals surface area contributed by atoms with E-state index in [2.05, 4.69) is 0 Å². The first-order chi connectivity index (χ1) is 5.60. The van der Waals surface area contributed by atoms with Gasteiger partial charge in [-0.2, -0.15) is 0 Å². The smallest absolute Gasteiger partial charge is 0.145 e. The van der Waals surface area contributed by atoms with Gasteiger partial charge in [0.05, 0.1) is 0 Å². The average molecular weight is 168 g/mol. The molecule has 12 heavy (non-hydrogen) atoms. The topological polar surface area (TPSA) is 34.1 Å². The fourth-order valence-corrected chi connectivity index (χ4v) is 1.05. The van der Waals surface area contributed by atoms with Crippen molar-refractivity contribution >= 4 is 12.1 Å². The van der Waals surface area contributed by atoms with E-state index in [-0.39, 0.29) is 11.7 Å². The van der Waals surface area contributed by atoms with Crippen LogP contribution in [0.3, 0.4) is 0 Å². The first-order valence-electron chi connectivity index (χ1n) is 4.25. The molecule has 0 aromatic carbocycles. The standard InChI is InChI=1S/C10H16O2/c1-4-10(12)6-8(2)5-9(3)7-11/h5,7-8H,4,6H2,1-3H3. The van der Waals surface area contributed by atoms with E-state index in [1.54, 1.807) is 6.92 Å². The van der Waals surface area contributed by atoms with E-state index in [4.69, 9.17) is 0 Å². The molecule has 0 aromatic heterocycles. The van der Waals surface area contributed by atoms with Crippen molar-refractivity contribution in [3.63, 3.8) is 0 Å². The molecule has 1 unspecified atom stereocenters.